The van der Waals surface area contributed by atoms with Crippen LogP contribution in [0.3, 0.4) is 0 Å². The molecule has 0 spiro atoms. The largest absolute Gasteiger partial charge is 0.394 e. The molecule has 2 aromatic rings. The van der Waals surface area contributed by atoms with Crippen LogP contribution in [0.4, 0.5) is 5.95 Å². The van der Waals surface area contributed by atoms with E-state index in [1.54, 1.807) is 0 Å². The Balaban J connectivity index is 1.86. The first kappa shape index (κ1) is 22.1. The Morgan fingerprint density at radius 2 is 2.07 bits per heavy atom. The van der Waals surface area contributed by atoms with Gasteiger partial charge in [-0.15, -0.1) is 0 Å². The van der Waals surface area contributed by atoms with Crippen LogP contribution in [0.25, 0.3) is 0 Å². The van der Waals surface area contributed by atoms with Gasteiger partial charge in [0.25, 0.3) is 0 Å². The number of aliphatic hydroxyl groups is 1. The van der Waals surface area contributed by atoms with Crippen molar-refractivity contribution in [2.75, 3.05) is 11.9 Å². The molecule has 7 heteroatoms. The minimum Gasteiger partial charge on any atom is -0.394 e. The second kappa shape index (κ2) is 9.02. The zero-order valence-electron chi connectivity index (χ0n) is 18.4. The zero-order chi connectivity index (χ0) is 21.9. The molecule has 2 atom stereocenters. The third kappa shape index (κ3) is 4.74. The van der Waals surface area contributed by atoms with Gasteiger partial charge in [0.05, 0.1) is 18.4 Å². The Labute approximate surface area is 178 Å². The molecule has 2 heterocycles. The Hall–Kier alpha value is -2.64. The summed E-state index contributed by atoms with van der Waals surface area (Å²) in [5.74, 6) is 0.990. The highest BCUT2D eigenvalue weighted by Gasteiger charge is 2.30. The van der Waals surface area contributed by atoms with E-state index in [0.29, 0.717) is 24.0 Å². The second-order valence-corrected chi connectivity index (χ2v) is 8.71. The smallest absolute Gasteiger partial charge is 0.206 e. The van der Waals surface area contributed by atoms with E-state index in [9.17, 15) is 5.11 Å². The number of aliphatic hydroxyl groups excluding tert-OH is 1. The predicted molar refractivity (Wildman–Crippen MR) is 121 cm³/mol. The quantitative estimate of drug-likeness (QED) is 0.477. The van der Waals surface area contributed by atoms with Crippen LogP contribution in [0.15, 0.2) is 42.0 Å². The molecule has 2 unspecified atom stereocenters. The number of nitrogens with zero attached hydrogens (tertiary/aromatic N) is 3. The molecule has 0 radical (unpaired) electrons. The molecule has 3 rings (SSSR count). The van der Waals surface area contributed by atoms with Gasteiger partial charge in [-0.2, -0.15) is 0 Å². The van der Waals surface area contributed by atoms with Gasteiger partial charge in [0.1, 0.15) is 11.9 Å². The minimum atomic E-state index is -0.203. The van der Waals surface area contributed by atoms with E-state index < -0.39 is 0 Å². The summed E-state index contributed by atoms with van der Waals surface area (Å²) >= 11 is 0. The Morgan fingerprint density at radius 1 is 1.37 bits per heavy atom. The van der Waals surface area contributed by atoms with Gasteiger partial charge in [-0.1, -0.05) is 51.6 Å². The number of hydrogen-bond donors (Lipinski definition) is 3. The molecule has 162 valence electrons. The van der Waals surface area contributed by atoms with Gasteiger partial charge < -0.3 is 20.9 Å². The number of benzene rings is 1. The van der Waals surface area contributed by atoms with Crippen LogP contribution in [0, 0.1) is 6.92 Å². The van der Waals surface area contributed by atoms with Crippen molar-refractivity contribution >= 4 is 11.8 Å². The van der Waals surface area contributed by atoms with Crippen molar-refractivity contribution in [1.29, 1.82) is 0 Å². The lowest BCUT2D eigenvalue weighted by molar-refractivity contribution is -0.0222. The van der Waals surface area contributed by atoms with Gasteiger partial charge in [0, 0.05) is 12.7 Å². The van der Waals surface area contributed by atoms with Crippen LogP contribution in [0.1, 0.15) is 62.4 Å². The van der Waals surface area contributed by atoms with E-state index in [-0.39, 0.29) is 24.4 Å². The van der Waals surface area contributed by atoms with Crippen LogP contribution >= 0.6 is 0 Å². The van der Waals surface area contributed by atoms with Crippen LogP contribution in [-0.4, -0.2) is 33.2 Å². The van der Waals surface area contributed by atoms with Crippen molar-refractivity contribution in [2.24, 2.45) is 10.7 Å². The molecule has 1 aliphatic rings. The molecule has 30 heavy (non-hydrogen) atoms. The summed E-state index contributed by atoms with van der Waals surface area (Å²) < 4.78 is 8.02. The van der Waals surface area contributed by atoms with Crippen LogP contribution < -0.4 is 11.1 Å². The number of imidazole rings is 1. The normalized spacial score (nSPS) is 19.8. The monoisotopic (exact) mass is 411 g/mol. The molecule has 1 aromatic carbocycles. The average Bonchev–Trinajstić information content (AvgIpc) is 3.30. The number of nitrogens with one attached hydrogen (secondary N) is 1. The SMILES string of the molecule is C=CN=C(N)c1nc(NCc2ccc(C(C)(C)C)cc2)n(C2CCC(CO)O2)c1C. The summed E-state index contributed by atoms with van der Waals surface area (Å²) in [6, 6.07) is 8.60. The number of amidine groups is 1. The van der Waals surface area contributed by atoms with Crippen LogP contribution in [0.2, 0.25) is 0 Å². The molecule has 0 amide bonds. The Morgan fingerprint density at radius 3 is 2.63 bits per heavy atom. The first-order valence-corrected chi connectivity index (χ1v) is 10.4. The van der Waals surface area contributed by atoms with Gasteiger partial charge >= 0.3 is 0 Å². The van der Waals surface area contributed by atoms with E-state index in [1.165, 1.54) is 11.8 Å². The van der Waals surface area contributed by atoms with E-state index in [1.807, 2.05) is 11.5 Å². The Bertz CT molecular complexity index is 909. The topological polar surface area (TPSA) is 97.7 Å². The van der Waals surface area contributed by atoms with Crippen molar-refractivity contribution in [3.8, 4) is 0 Å². The molecule has 4 N–H and O–H groups in total. The summed E-state index contributed by atoms with van der Waals surface area (Å²) in [4.78, 5) is 8.79. The summed E-state index contributed by atoms with van der Waals surface area (Å²) in [7, 11) is 0. The fourth-order valence-corrected chi connectivity index (χ4v) is 3.71. The maximum absolute atomic E-state index is 9.45. The molecule has 0 saturated carbocycles. The summed E-state index contributed by atoms with van der Waals surface area (Å²) in [5.41, 5.74) is 10.2. The van der Waals surface area contributed by atoms with Gasteiger partial charge in [-0.3, -0.25) is 4.57 Å². The molecule has 7 nitrogen and oxygen atoms in total. The number of aliphatic imine (C=N–C) groups is 1. The number of aromatic nitrogens is 2. The summed E-state index contributed by atoms with van der Waals surface area (Å²) in [6.07, 6.45) is 2.65. The fourth-order valence-electron chi connectivity index (χ4n) is 3.71. The number of ether oxygens (including phenoxy) is 1. The lowest BCUT2D eigenvalue weighted by Gasteiger charge is -2.20. The minimum absolute atomic E-state index is 0.0139. The number of anilines is 1. The number of rotatable bonds is 7. The highest BCUT2D eigenvalue weighted by Crippen LogP contribution is 2.33. The van der Waals surface area contributed by atoms with E-state index in [4.69, 9.17) is 15.5 Å². The first-order valence-electron chi connectivity index (χ1n) is 10.4. The molecule has 0 aliphatic carbocycles. The molecule has 1 fully saturated rings. The van der Waals surface area contributed by atoms with Crippen LogP contribution in [0.5, 0.6) is 0 Å². The first-order chi connectivity index (χ1) is 14.2. The molecule has 1 saturated heterocycles. The summed E-state index contributed by atoms with van der Waals surface area (Å²) in [5, 5.41) is 12.9. The second-order valence-electron chi connectivity index (χ2n) is 8.71. The third-order valence-corrected chi connectivity index (χ3v) is 5.47. The standard InChI is InChI=1S/C23H33N5O2/c1-6-25-21(24)20-15(2)28(19-12-11-18(14-29)30-19)22(27-20)26-13-16-7-9-17(10-8-16)23(3,4)5/h6-10,18-19,29H,1,11-14H2,2-5H3,(H2,24,25)(H,26,27). The fraction of sp³-hybridized carbons (Fsp3) is 0.478. The predicted octanol–water partition coefficient (Wildman–Crippen LogP) is 3.62. The lowest BCUT2D eigenvalue weighted by atomic mass is 9.87. The maximum atomic E-state index is 9.45. The van der Waals surface area contributed by atoms with E-state index >= 15 is 0 Å². The highest BCUT2D eigenvalue weighted by molar-refractivity contribution is 5.97. The van der Waals surface area contributed by atoms with Gasteiger partial charge in [-0.05, 0) is 36.3 Å². The molecular weight excluding hydrogens is 378 g/mol. The Kier molecular flexibility index (Phi) is 6.63. The van der Waals surface area contributed by atoms with Crippen molar-refractivity contribution in [3.05, 3.63) is 59.6 Å². The van der Waals surface area contributed by atoms with Gasteiger partial charge in [0.2, 0.25) is 5.95 Å². The highest BCUT2D eigenvalue weighted by atomic mass is 16.5. The molecule has 1 aliphatic heterocycles. The molecule has 1 aromatic heterocycles. The number of nitrogens with two attached hydrogens (primary N) is 1. The maximum Gasteiger partial charge on any atom is 0.206 e. The van der Waals surface area contributed by atoms with E-state index in [2.05, 4.69) is 61.9 Å². The van der Waals surface area contributed by atoms with Crippen molar-refractivity contribution < 1.29 is 9.84 Å². The van der Waals surface area contributed by atoms with Crippen molar-refractivity contribution in [1.82, 2.24) is 9.55 Å². The van der Waals surface area contributed by atoms with Crippen molar-refractivity contribution in [3.63, 3.8) is 0 Å². The van der Waals surface area contributed by atoms with E-state index in [0.717, 1.165) is 24.1 Å². The third-order valence-electron chi connectivity index (χ3n) is 5.47. The van der Waals surface area contributed by atoms with Crippen molar-refractivity contribution in [2.45, 2.75) is 64.8 Å². The molecular formula is C23H33N5O2. The van der Waals surface area contributed by atoms with Crippen LogP contribution in [-0.2, 0) is 16.7 Å². The lowest BCUT2D eigenvalue weighted by Crippen LogP contribution is -2.18. The average molecular weight is 412 g/mol. The molecule has 0 bridgehead atoms. The zero-order valence-corrected chi connectivity index (χ0v) is 18.4. The number of hydrogen-bond acceptors (Lipinski definition) is 5. The summed E-state index contributed by atoms with van der Waals surface area (Å²) in [6.45, 7) is 12.8. The van der Waals surface area contributed by atoms with Gasteiger partial charge in [0.15, 0.2) is 5.84 Å². The van der Waals surface area contributed by atoms with Gasteiger partial charge in [-0.25, -0.2) is 9.98 Å².